The van der Waals surface area contributed by atoms with Crippen molar-refractivity contribution in [2.24, 2.45) is 4.99 Å². The number of carbonyl (C=O) groups excluding carboxylic acids is 1. The van der Waals surface area contributed by atoms with Gasteiger partial charge >= 0.3 is 6.09 Å². The van der Waals surface area contributed by atoms with Gasteiger partial charge in [-0.3, -0.25) is 0 Å². The number of ether oxygens (including phenoxy) is 2. The lowest BCUT2D eigenvalue weighted by Gasteiger charge is -2.11. The Morgan fingerprint density at radius 2 is 2.06 bits per heavy atom. The van der Waals surface area contributed by atoms with Crippen LogP contribution in [0.4, 0.5) is 4.79 Å². The van der Waals surface area contributed by atoms with Gasteiger partial charge in [-0.05, 0) is 43.7 Å². The van der Waals surface area contributed by atoms with Crippen LogP contribution in [0.25, 0.3) is 17.0 Å². The summed E-state index contributed by atoms with van der Waals surface area (Å²) in [6, 6.07) is 11.3. The molecule has 1 aliphatic heterocycles. The molecular formula is C24H25N3O5. The molecule has 0 saturated heterocycles. The molecule has 0 aliphatic carbocycles. The predicted molar refractivity (Wildman–Crippen MR) is 122 cm³/mol. The summed E-state index contributed by atoms with van der Waals surface area (Å²) in [6.07, 6.45) is 1.87. The molecule has 1 atom stereocenters. The first kappa shape index (κ1) is 21.6. The number of aliphatic hydroxyl groups excluding tert-OH is 2. The van der Waals surface area contributed by atoms with Gasteiger partial charge in [-0.25, -0.2) is 14.4 Å². The summed E-state index contributed by atoms with van der Waals surface area (Å²) < 4.78 is 12.2. The average Bonchev–Trinajstić information content (AvgIpc) is 3.46. The number of aliphatic hydroxyl groups is 2. The zero-order valence-corrected chi connectivity index (χ0v) is 18.1. The fraction of sp³-hybridized carbons (Fsp3) is 0.250. The third-order valence-corrected chi connectivity index (χ3v) is 5.22. The number of hydrogen-bond acceptors (Lipinski definition) is 6. The number of benzene rings is 1. The van der Waals surface area contributed by atoms with E-state index in [0.717, 1.165) is 22.3 Å². The van der Waals surface area contributed by atoms with E-state index in [9.17, 15) is 9.90 Å². The Morgan fingerprint density at radius 1 is 1.28 bits per heavy atom. The molecule has 0 amide bonds. The number of carbonyl (C=O) groups is 1. The summed E-state index contributed by atoms with van der Waals surface area (Å²) in [5.74, 6) is 0.576. The van der Waals surface area contributed by atoms with Crippen LogP contribution in [0.2, 0.25) is 0 Å². The Balaban J connectivity index is 1.78. The lowest BCUT2D eigenvalue weighted by Crippen LogP contribution is -2.25. The first-order valence-corrected chi connectivity index (χ1v) is 10.2. The maximum atomic E-state index is 12.9. The summed E-state index contributed by atoms with van der Waals surface area (Å²) in [5.41, 5.74) is 5.43. The number of aromatic amines is 1. The number of nitrogens with one attached hydrogen (secondary N) is 1. The molecule has 8 nitrogen and oxygen atoms in total. The lowest BCUT2D eigenvalue weighted by atomic mass is 10.2. The van der Waals surface area contributed by atoms with Crippen molar-refractivity contribution in [3.63, 3.8) is 0 Å². The molecule has 3 heterocycles. The van der Waals surface area contributed by atoms with Crippen LogP contribution < -0.4 is 0 Å². The molecule has 4 rings (SSSR count). The molecular weight excluding hydrogens is 410 g/mol. The minimum Gasteiger partial charge on any atom is -0.494 e. The average molecular weight is 435 g/mol. The highest BCUT2D eigenvalue weighted by Crippen LogP contribution is 2.29. The van der Waals surface area contributed by atoms with Crippen molar-refractivity contribution in [1.29, 1.82) is 0 Å². The third kappa shape index (κ3) is 4.10. The molecule has 3 aromatic rings. The molecule has 1 aromatic carbocycles. The van der Waals surface area contributed by atoms with E-state index in [1.807, 2.05) is 44.2 Å². The van der Waals surface area contributed by atoms with Gasteiger partial charge in [0.25, 0.3) is 0 Å². The largest absolute Gasteiger partial charge is 0.494 e. The standard InChI is InChI=1S/C24H25N3O5/c1-14-8-15(2)25-18(14)10-20-23(31-3)11-19(26-20)22-9-16-6-4-5-7-21(16)27(22)24(30)32-13-17(29)12-28/h4-11,17,25,28-29H,12-13H2,1-3H3. The van der Waals surface area contributed by atoms with Gasteiger partial charge in [-0.1, -0.05) is 18.2 Å². The lowest BCUT2D eigenvalue weighted by molar-refractivity contribution is 0.0328. The van der Waals surface area contributed by atoms with Crippen LogP contribution in [-0.4, -0.2) is 58.0 Å². The molecule has 2 aromatic heterocycles. The fourth-order valence-electron chi connectivity index (χ4n) is 3.67. The third-order valence-electron chi connectivity index (χ3n) is 5.22. The Hall–Kier alpha value is -3.62. The fourth-order valence-corrected chi connectivity index (χ4v) is 3.67. The van der Waals surface area contributed by atoms with Crippen LogP contribution in [0.1, 0.15) is 22.6 Å². The minimum atomic E-state index is -1.14. The van der Waals surface area contributed by atoms with Crippen molar-refractivity contribution in [3.8, 4) is 0 Å². The van der Waals surface area contributed by atoms with E-state index in [1.54, 1.807) is 19.3 Å². The highest BCUT2D eigenvalue weighted by atomic mass is 16.6. The molecule has 8 heteroatoms. The van der Waals surface area contributed by atoms with E-state index in [1.165, 1.54) is 4.57 Å². The maximum Gasteiger partial charge on any atom is 0.419 e. The number of hydrogen-bond donors (Lipinski definition) is 3. The van der Waals surface area contributed by atoms with Crippen LogP contribution in [0, 0.1) is 13.8 Å². The smallest absolute Gasteiger partial charge is 0.419 e. The molecule has 166 valence electrons. The van der Waals surface area contributed by atoms with E-state index in [2.05, 4.69) is 11.1 Å². The number of methoxy groups -OCH3 is 1. The second-order valence-corrected chi connectivity index (χ2v) is 7.63. The predicted octanol–water partition coefficient (Wildman–Crippen LogP) is 3.30. The molecule has 0 bridgehead atoms. The van der Waals surface area contributed by atoms with Crippen LogP contribution >= 0.6 is 0 Å². The molecule has 32 heavy (non-hydrogen) atoms. The Bertz CT molecular complexity index is 1260. The number of aliphatic imine (C=N–C) groups is 1. The van der Waals surface area contributed by atoms with Gasteiger partial charge in [0.05, 0.1) is 30.6 Å². The van der Waals surface area contributed by atoms with Crippen LogP contribution in [0.5, 0.6) is 0 Å². The van der Waals surface area contributed by atoms with Crippen molar-refractivity contribution < 1.29 is 24.5 Å². The Labute approximate surface area is 185 Å². The normalized spacial score (nSPS) is 15.7. The monoisotopic (exact) mass is 435 g/mol. The van der Waals surface area contributed by atoms with Gasteiger partial charge in [0, 0.05) is 22.9 Å². The zero-order chi connectivity index (χ0) is 22.8. The van der Waals surface area contributed by atoms with E-state index in [-0.39, 0.29) is 6.61 Å². The molecule has 0 fully saturated rings. The van der Waals surface area contributed by atoms with Crippen molar-refractivity contribution in [2.45, 2.75) is 20.0 Å². The number of para-hydroxylation sites is 1. The summed E-state index contributed by atoms with van der Waals surface area (Å²) in [4.78, 5) is 20.9. The van der Waals surface area contributed by atoms with Crippen LogP contribution in [0.3, 0.4) is 0 Å². The number of aromatic nitrogens is 2. The van der Waals surface area contributed by atoms with Gasteiger partial charge in [0.2, 0.25) is 0 Å². The number of allylic oxidation sites excluding steroid dienone is 1. The number of H-pyrrole nitrogens is 1. The number of nitrogens with zero attached hydrogens (tertiary/aromatic N) is 2. The molecule has 3 N–H and O–H groups in total. The quantitative estimate of drug-likeness (QED) is 0.551. The SMILES string of the molecule is COC1=CC(c2cc3ccccc3n2C(=O)OCC(O)CO)=NC1=Cc1[nH]c(C)cc1C. The number of fused-ring (bicyclic) bond motifs is 1. The van der Waals surface area contributed by atoms with Gasteiger partial charge in [-0.15, -0.1) is 0 Å². The first-order valence-electron chi connectivity index (χ1n) is 10.2. The second-order valence-electron chi connectivity index (χ2n) is 7.63. The van der Waals surface area contributed by atoms with Gasteiger partial charge in [0.1, 0.15) is 24.2 Å². The highest BCUT2D eigenvalue weighted by Gasteiger charge is 2.24. The summed E-state index contributed by atoms with van der Waals surface area (Å²) in [6.45, 7) is 3.19. The molecule has 1 unspecified atom stereocenters. The van der Waals surface area contributed by atoms with Crippen molar-refractivity contribution in [2.75, 3.05) is 20.3 Å². The summed E-state index contributed by atoms with van der Waals surface area (Å²) in [5, 5.41) is 19.4. The van der Waals surface area contributed by atoms with Crippen molar-refractivity contribution in [3.05, 3.63) is 76.6 Å². The second kappa shape index (κ2) is 8.86. The number of aryl methyl sites for hydroxylation is 2. The maximum absolute atomic E-state index is 12.9. The molecule has 0 spiro atoms. The summed E-state index contributed by atoms with van der Waals surface area (Å²) >= 11 is 0. The minimum absolute atomic E-state index is 0.316. The zero-order valence-electron chi connectivity index (χ0n) is 18.1. The van der Waals surface area contributed by atoms with Crippen LogP contribution in [-0.2, 0) is 9.47 Å². The number of rotatable bonds is 6. The molecule has 0 saturated carbocycles. The van der Waals surface area contributed by atoms with Gasteiger partial charge < -0.3 is 24.7 Å². The first-order chi connectivity index (χ1) is 15.4. The van der Waals surface area contributed by atoms with Crippen molar-refractivity contribution in [1.82, 2.24) is 9.55 Å². The van der Waals surface area contributed by atoms with Gasteiger partial charge in [-0.2, -0.15) is 0 Å². The van der Waals surface area contributed by atoms with E-state index in [4.69, 9.17) is 19.6 Å². The Morgan fingerprint density at radius 3 is 2.75 bits per heavy atom. The molecule has 1 aliphatic rings. The van der Waals surface area contributed by atoms with Gasteiger partial charge in [0.15, 0.2) is 0 Å². The van der Waals surface area contributed by atoms with E-state index < -0.39 is 18.8 Å². The topological polar surface area (TPSA) is 109 Å². The van der Waals surface area contributed by atoms with Crippen LogP contribution in [0.15, 0.2) is 58.9 Å². The Kier molecular flexibility index (Phi) is 5.98. The van der Waals surface area contributed by atoms with E-state index >= 15 is 0 Å². The molecule has 0 radical (unpaired) electrons. The van der Waals surface area contributed by atoms with Crippen molar-refractivity contribution >= 4 is 28.8 Å². The highest BCUT2D eigenvalue weighted by molar-refractivity contribution is 6.15. The van der Waals surface area contributed by atoms with E-state index in [0.29, 0.717) is 28.4 Å². The summed E-state index contributed by atoms with van der Waals surface area (Å²) in [7, 11) is 1.57.